The number of ether oxygens (including phenoxy) is 11. The molecule has 1 aromatic rings. The summed E-state index contributed by atoms with van der Waals surface area (Å²) in [6.07, 6.45) is 1.39. The van der Waals surface area contributed by atoms with Crippen molar-refractivity contribution < 1.29 is 64.7 Å². The van der Waals surface area contributed by atoms with Gasteiger partial charge in [0.05, 0.1) is 150 Å². The van der Waals surface area contributed by atoms with Gasteiger partial charge in [-0.3, -0.25) is 4.18 Å². The molecule has 15 heteroatoms. The lowest BCUT2D eigenvalue weighted by Crippen LogP contribution is -2.15. The monoisotopic (exact) mass is 668 g/mol. The van der Waals surface area contributed by atoms with Gasteiger partial charge in [-0.1, -0.05) is 24.8 Å². The Kier molecular flexibility index (Phi) is 29.6. The fourth-order valence-corrected chi connectivity index (χ4v) is 4.04. The van der Waals surface area contributed by atoms with Crippen molar-refractivity contribution in [1.82, 2.24) is 0 Å². The molecule has 0 spiro atoms. The summed E-state index contributed by atoms with van der Waals surface area (Å²) in [5.41, 5.74) is 0. The maximum absolute atomic E-state index is 12.0. The van der Waals surface area contributed by atoms with Crippen molar-refractivity contribution in [1.29, 1.82) is 0 Å². The highest BCUT2D eigenvalue weighted by molar-refractivity contribution is 7.86. The molecule has 0 amide bonds. The maximum Gasteiger partial charge on any atom is 0.297 e. The average molecular weight is 669 g/mol. The van der Waals surface area contributed by atoms with Crippen molar-refractivity contribution in [3.05, 3.63) is 43.2 Å². The molecule has 0 aliphatic carbocycles. The van der Waals surface area contributed by atoms with E-state index in [1.54, 1.807) is 18.2 Å². The van der Waals surface area contributed by atoms with Crippen molar-refractivity contribution in [3.8, 4) is 0 Å². The van der Waals surface area contributed by atoms with Crippen molar-refractivity contribution in [2.24, 2.45) is 0 Å². The van der Waals surface area contributed by atoms with Gasteiger partial charge in [-0.15, -0.1) is 0 Å². The van der Waals surface area contributed by atoms with Crippen LogP contribution in [0.5, 0.6) is 0 Å². The van der Waals surface area contributed by atoms with E-state index in [0.29, 0.717) is 132 Å². The van der Waals surface area contributed by atoms with Crippen LogP contribution in [0.4, 0.5) is 0 Å². The topological polar surface area (TPSA) is 145 Å². The van der Waals surface area contributed by atoms with Crippen molar-refractivity contribution in [2.45, 2.75) is 4.90 Å². The Bertz CT molecular complexity index is 859. The van der Waals surface area contributed by atoms with Crippen LogP contribution < -0.4 is 0 Å². The summed E-state index contributed by atoms with van der Waals surface area (Å²) in [6.45, 7) is 13.0. The first-order valence-corrected chi connectivity index (χ1v) is 16.5. The van der Waals surface area contributed by atoms with Gasteiger partial charge in [0.25, 0.3) is 10.1 Å². The van der Waals surface area contributed by atoms with Crippen LogP contribution in [-0.4, -0.2) is 154 Å². The molecule has 262 valence electrons. The van der Waals surface area contributed by atoms with Gasteiger partial charge in [0.15, 0.2) is 0 Å². The van der Waals surface area contributed by atoms with Gasteiger partial charge in [-0.25, -0.2) is 0 Å². The zero-order chi connectivity index (χ0) is 32.4. The van der Waals surface area contributed by atoms with Crippen LogP contribution in [0, 0.1) is 0 Å². The van der Waals surface area contributed by atoms with Crippen LogP contribution >= 0.6 is 0 Å². The standard InChI is InChI=1S/C30H52O14S/c1-2-33-8-9-34-10-11-35-12-13-36-14-15-37-16-17-38-18-19-39-20-21-40-22-23-41-24-25-42-26-27-43-28-29-44-45(31,32)30-6-4-3-5-7-30/h2-7H,1,8-29H2. The molecule has 1 rings (SSSR count). The minimum Gasteiger partial charge on any atom is -0.499 e. The first-order chi connectivity index (χ1) is 22.2. The summed E-state index contributed by atoms with van der Waals surface area (Å²) >= 11 is 0. The second-order valence-corrected chi connectivity index (χ2v) is 10.4. The van der Waals surface area contributed by atoms with Crippen LogP contribution in [-0.2, 0) is 66.4 Å². The third-order valence-corrected chi connectivity index (χ3v) is 6.64. The van der Waals surface area contributed by atoms with Crippen molar-refractivity contribution in [2.75, 3.05) is 145 Å². The number of rotatable bonds is 36. The summed E-state index contributed by atoms with van der Waals surface area (Å²) in [5, 5.41) is 0. The molecule has 0 N–H and O–H groups in total. The smallest absolute Gasteiger partial charge is 0.297 e. The number of hydrogen-bond donors (Lipinski definition) is 0. The Morgan fingerprint density at radius 1 is 0.422 bits per heavy atom. The highest BCUT2D eigenvalue weighted by atomic mass is 32.2. The summed E-state index contributed by atoms with van der Waals surface area (Å²) in [7, 11) is -3.76. The molecule has 0 heterocycles. The summed E-state index contributed by atoms with van der Waals surface area (Å²) in [5.74, 6) is 0. The van der Waals surface area contributed by atoms with Crippen molar-refractivity contribution >= 4 is 10.1 Å². The highest BCUT2D eigenvalue weighted by Crippen LogP contribution is 2.10. The normalized spacial score (nSPS) is 11.6. The van der Waals surface area contributed by atoms with Crippen LogP contribution in [0.2, 0.25) is 0 Å². The maximum atomic E-state index is 12.0. The first-order valence-electron chi connectivity index (χ1n) is 15.1. The van der Waals surface area contributed by atoms with E-state index in [1.165, 1.54) is 18.4 Å². The van der Waals surface area contributed by atoms with E-state index in [-0.39, 0.29) is 18.1 Å². The summed E-state index contributed by atoms with van der Waals surface area (Å²) in [6, 6.07) is 7.97. The van der Waals surface area contributed by atoms with E-state index < -0.39 is 10.1 Å². The predicted molar refractivity (Wildman–Crippen MR) is 164 cm³/mol. The lowest BCUT2D eigenvalue weighted by Gasteiger charge is -2.09. The number of hydrogen-bond acceptors (Lipinski definition) is 14. The second kappa shape index (κ2) is 32.2. The Balaban J connectivity index is 1.66. The third-order valence-electron chi connectivity index (χ3n) is 5.31. The molecular weight excluding hydrogens is 616 g/mol. The Labute approximate surface area is 268 Å². The molecule has 0 aliphatic rings. The van der Waals surface area contributed by atoms with Crippen LogP contribution in [0.15, 0.2) is 48.1 Å². The van der Waals surface area contributed by atoms with E-state index in [4.69, 9.17) is 56.3 Å². The fourth-order valence-electron chi connectivity index (χ4n) is 3.13. The quantitative estimate of drug-likeness (QED) is 0.0581. The molecule has 1 aromatic carbocycles. The van der Waals surface area contributed by atoms with E-state index in [1.807, 2.05) is 0 Å². The highest BCUT2D eigenvalue weighted by Gasteiger charge is 2.13. The van der Waals surface area contributed by atoms with E-state index in [0.717, 1.165) is 0 Å². The molecule has 0 radical (unpaired) electrons. The first kappa shape index (κ1) is 41.3. The molecule has 0 bridgehead atoms. The minimum atomic E-state index is -3.76. The van der Waals surface area contributed by atoms with E-state index in [2.05, 4.69) is 6.58 Å². The van der Waals surface area contributed by atoms with Crippen LogP contribution in [0.25, 0.3) is 0 Å². The molecule has 45 heavy (non-hydrogen) atoms. The molecule has 0 saturated carbocycles. The van der Waals surface area contributed by atoms with Gasteiger partial charge in [0, 0.05) is 0 Å². The van der Waals surface area contributed by atoms with Crippen molar-refractivity contribution in [3.63, 3.8) is 0 Å². The van der Waals surface area contributed by atoms with E-state index in [9.17, 15) is 8.42 Å². The zero-order valence-electron chi connectivity index (χ0n) is 26.4. The largest absolute Gasteiger partial charge is 0.499 e. The zero-order valence-corrected chi connectivity index (χ0v) is 27.2. The minimum absolute atomic E-state index is 0.0590. The Morgan fingerprint density at radius 3 is 0.978 bits per heavy atom. The lowest BCUT2D eigenvalue weighted by molar-refractivity contribution is -0.0271. The second-order valence-electron chi connectivity index (χ2n) is 8.75. The van der Waals surface area contributed by atoms with Crippen LogP contribution in [0.1, 0.15) is 0 Å². The van der Waals surface area contributed by atoms with Gasteiger partial charge < -0.3 is 52.1 Å². The fraction of sp³-hybridized carbons (Fsp3) is 0.733. The van der Waals surface area contributed by atoms with Gasteiger partial charge in [0.1, 0.15) is 6.61 Å². The SMILES string of the molecule is C=COCCOCCOCCOCCOCCOCCOCCOCCOCCOCCOCCOS(=O)(=O)c1ccccc1. The van der Waals surface area contributed by atoms with E-state index >= 15 is 0 Å². The Hall–Kier alpha value is -1.73. The molecule has 0 aromatic heterocycles. The number of benzene rings is 1. The van der Waals surface area contributed by atoms with Gasteiger partial charge >= 0.3 is 0 Å². The van der Waals surface area contributed by atoms with Gasteiger partial charge in [-0.2, -0.15) is 8.42 Å². The van der Waals surface area contributed by atoms with Gasteiger partial charge in [0.2, 0.25) is 0 Å². The predicted octanol–water partition coefficient (Wildman–Crippen LogP) is 1.72. The molecule has 0 atom stereocenters. The lowest BCUT2D eigenvalue weighted by atomic mass is 10.4. The van der Waals surface area contributed by atoms with Gasteiger partial charge in [-0.05, 0) is 12.1 Å². The summed E-state index contributed by atoms with van der Waals surface area (Å²) < 4.78 is 87.9. The molecule has 0 unspecified atom stereocenters. The average Bonchev–Trinajstić information content (AvgIpc) is 3.05. The Morgan fingerprint density at radius 2 is 0.689 bits per heavy atom. The molecular formula is C30H52O14S. The molecule has 14 nitrogen and oxygen atoms in total. The molecule has 0 saturated heterocycles. The van der Waals surface area contributed by atoms with Crippen LogP contribution in [0.3, 0.4) is 0 Å². The third kappa shape index (κ3) is 28.2. The summed E-state index contributed by atoms with van der Waals surface area (Å²) in [4.78, 5) is 0.120. The molecule has 0 aliphatic heterocycles. The molecule has 0 fully saturated rings.